The molecule has 1 fully saturated rings. The predicted molar refractivity (Wildman–Crippen MR) is 95.3 cm³/mol. The Morgan fingerprint density at radius 2 is 2.04 bits per heavy atom. The molecule has 24 heavy (non-hydrogen) atoms. The first kappa shape index (κ1) is 18.6. The van der Waals surface area contributed by atoms with Gasteiger partial charge in [-0.3, -0.25) is 0 Å². The third-order valence-corrected chi connectivity index (χ3v) is 5.15. The van der Waals surface area contributed by atoms with Gasteiger partial charge in [-0.15, -0.1) is 0 Å². The number of amides is 2. The minimum atomic E-state index is -0.00599. The Morgan fingerprint density at radius 1 is 1.33 bits per heavy atom. The number of aryl methyl sites for hydroxylation is 1. The predicted octanol–water partition coefficient (Wildman–Crippen LogP) is 2.96. The van der Waals surface area contributed by atoms with Gasteiger partial charge in [0.25, 0.3) is 0 Å². The number of aliphatic hydroxyl groups is 1. The van der Waals surface area contributed by atoms with E-state index in [2.05, 4.69) is 12.2 Å². The molecule has 1 heterocycles. The fourth-order valence-electron chi connectivity index (χ4n) is 3.09. The zero-order valence-corrected chi connectivity index (χ0v) is 14.9. The van der Waals surface area contributed by atoms with Gasteiger partial charge in [0.15, 0.2) is 0 Å². The van der Waals surface area contributed by atoms with E-state index in [1.165, 1.54) is 0 Å². The number of likely N-dealkylation sites (tertiary alicyclic amines) is 1. The highest BCUT2D eigenvalue weighted by molar-refractivity contribution is 5.74. The standard InChI is InChI=1S/C19H30N2O3/c1-3-19(15-22)9-12-21(13-10-19)18(23)20-11-6-14-24-17-8-5-4-7-16(17)2/h4-5,7-8,22H,3,6,9-15H2,1-2H3,(H,20,23). The fraction of sp³-hybridized carbons (Fsp3) is 0.632. The smallest absolute Gasteiger partial charge is 0.317 e. The van der Waals surface area contributed by atoms with Gasteiger partial charge in [-0.25, -0.2) is 4.79 Å². The highest BCUT2D eigenvalue weighted by Crippen LogP contribution is 2.34. The number of carbonyl (C=O) groups is 1. The van der Waals surface area contributed by atoms with Crippen molar-refractivity contribution < 1.29 is 14.6 Å². The van der Waals surface area contributed by atoms with Gasteiger partial charge < -0.3 is 20.1 Å². The molecule has 1 saturated heterocycles. The molecule has 0 saturated carbocycles. The third kappa shape index (κ3) is 4.87. The molecule has 0 spiro atoms. The van der Waals surface area contributed by atoms with E-state index in [0.717, 1.165) is 50.1 Å². The largest absolute Gasteiger partial charge is 0.493 e. The van der Waals surface area contributed by atoms with Gasteiger partial charge in [0, 0.05) is 26.2 Å². The second-order valence-corrected chi connectivity index (χ2v) is 6.70. The summed E-state index contributed by atoms with van der Waals surface area (Å²) in [4.78, 5) is 14.0. The Hall–Kier alpha value is -1.75. The van der Waals surface area contributed by atoms with Crippen molar-refractivity contribution in [2.75, 3.05) is 32.8 Å². The first-order chi connectivity index (χ1) is 11.6. The Bertz CT molecular complexity index is 519. The molecule has 2 amide bonds. The fourth-order valence-corrected chi connectivity index (χ4v) is 3.09. The quantitative estimate of drug-likeness (QED) is 0.754. The van der Waals surface area contributed by atoms with Crippen molar-refractivity contribution >= 4 is 6.03 Å². The first-order valence-electron chi connectivity index (χ1n) is 8.92. The van der Waals surface area contributed by atoms with Crippen LogP contribution in [0, 0.1) is 12.3 Å². The Morgan fingerprint density at radius 3 is 2.67 bits per heavy atom. The number of aliphatic hydroxyl groups excluding tert-OH is 1. The maximum Gasteiger partial charge on any atom is 0.317 e. The van der Waals surface area contributed by atoms with Crippen molar-refractivity contribution in [3.63, 3.8) is 0 Å². The lowest BCUT2D eigenvalue weighted by molar-refractivity contribution is 0.0519. The van der Waals surface area contributed by atoms with Crippen LogP contribution in [-0.4, -0.2) is 48.9 Å². The summed E-state index contributed by atoms with van der Waals surface area (Å²) in [6.45, 7) is 7.00. The van der Waals surface area contributed by atoms with E-state index in [1.807, 2.05) is 36.1 Å². The summed E-state index contributed by atoms with van der Waals surface area (Å²) in [6, 6.07) is 7.93. The average molecular weight is 334 g/mol. The number of para-hydroxylation sites is 1. The molecule has 2 rings (SSSR count). The lowest BCUT2D eigenvalue weighted by Gasteiger charge is -2.40. The number of benzene rings is 1. The van der Waals surface area contributed by atoms with Gasteiger partial charge in [0.1, 0.15) is 5.75 Å². The number of piperidine rings is 1. The SMILES string of the molecule is CCC1(CO)CCN(C(=O)NCCCOc2ccccc2C)CC1. The maximum atomic E-state index is 12.2. The van der Waals surface area contributed by atoms with Crippen molar-refractivity contribution in [3.05, 3.63) is 29.8 Å². The van der Waals surface area contributed by atoms with E-state index in [-0.39, 0.29) is 18.1 Å². The van der Waals surface area contributed by atoms with E-state index in [4.69, 9.17) is 4.74 Å². The summed E-state index contributed by atoms with van der Waals surface area (Å²) in [5.41, 5.74) is 1.14. The van der Waals surface area contributed by atoms with Crippen molar-refractivity contribution in [3.8, 4) is 5.75 Å². The van der Waals surface area contributed by atoms with Crippen LogP contribution in [0.5, 0.6) is 5.75 Å². The third-order valence-electron chi connectivity index (χ3n) is 5.15. The van der Waals surface area contributed by atoms with Crippen LogP contribution in [0.2, 0.25) is 0 Å². The molecular weight excluding hydrogens is 304 g/mol. The molecule has 0 aliphatic carbocycles. The van der Waals surface area contributed by atoms with Gasteiger partial charge >= 0.3 is 6.03 Å². The van der Waals surface area contributed by atoms with Crippen LogP contribution in [0.1, 0.15) is 38.2 Å². The van der Waals surface area contributed by atoms with E-state index in [1.54, 1.807) is 0 Å². The molecule has 2 N–H and O–H groups in total. The van der Waals surface area contributed by atoms with Crippen molar-refractivity contribution in [1.29, 1.82) is 0 Å². The Balaban J connectivity index is 1.63. The number of carbonyl (C=O) groups excluding carboxylic acids is 1. The minimum absolute atomic E-state index is 0.00599. The van der Waals surface area contributed by atoms with Gasteiger partial charge in [0.2, 0.25) is 0 Å². The molecular formula is C19H30N2O3. The van der Waals surface area contributed by atoms with Crippen LogP contribution < -0.4 is 10.1 Å². The van der Waals surface area contributed by atoms with Crippen LogP contribution in [-0.2, 0) is 0 Å². The highest BCUT2D eigenvalue weighted by Gasteiger charge is 2.33. The average Bonchev–Trinajstić information content (AvgIpc) is 2.63. The van der Waals surface area contributed by atoms with Gasteiger partial charge in [-0.2, -0.15) is 0 Å². The Kier molecular flexibility index (Phi) is 6.91. The molecule has 5 nitrogen and oxygen atoms in total. The number of hydrogen-bond acceptors (Lipinski definition) is 3. The zero-order valence-electron chi connectivity index (χ0n) is 14.9. The second kappa shape index (κ2) is 8.92. The van der Waals surface area contributed by atoms with Crippen LogP contribution in [0.25, 0.3) is 0 Å². The molecule has 1 aromatic carbocycles. The first-order valence-corrected chi connectivity index (χ1v) is 8.92. The summed E-state index contributed by atoms with van der Waals surface area (Å²) in [5.74, 6) is 0.903. The summed E-state index contributed by atoms with van der Waals surface area (Å²) >= 11 is 0. The highest BCUT2D eigenvalue weighted by atomic mass is 16.5. The lowest BCUT2D eigenvalue weighted by atomic mass is 9.77. The molecule has 0 unspecified atom stereocenters. The van der Waals surface area contributed by atoms with E-state index in [0.29, 0.717) is 13.2 Å². The molecule has 0 bridgehead atoms. The lowest BCUT2D eigenvalue weighted by Crippen LogP contribution is -2.48. The molecule has 134 valence electrons. The van der Waals surface area contributed by atoms with E-state index < -0.39 is 0 Å². The maximum absolute atomic E-state index is 12.2. The van der Waals surface area contributed by atoms with Crippen molar-refractivity contribution in [2.24, 2.45) is 5.41 Å². The molecule has 1 aromatic rings. The molecule has 0 radical (unpaired) electrons. The number of nitrogens with one attached hydrogen (secondary N) is 1. The number of hydrogen-bond donors (Lipinski definition) is 2. The van der Waals surface area contributed by atoms with Crippen molar-refractivity contribution in [1.82, 2.24) is 10.2 Å². The van der Waals surface area contributed by atoms with E-state index >= 15 is 0 Å². The molecule has 0 aromatic heterocycles. The molecule has 1 aliphatic rings. The van der Waals surface area contributed by atoms with Gasteiger partial charge in [-0.1, -0.05) is 25.1 Å². The summed E-state index contributed by atoms with van der Waals surface area (Å²) in [5, 5.41) is 12.5. The van der Waals surface area contributed by atoms with Crippen LogP contribution >= 0.6 is 0 Å². The normalized spacial score (nSPS) is 16.7. The summed E-state index contributed by atoms with van der Waals surface area (Å²) in [7, 11) is 0. The summed E-state index contributed by atoms with van der Waals surface area (Å²) < 4.78 is 5.73. The number of nitrogens with zero attached hydrogens (tertiary/aromatic N) is 1. The topological polar surface area (TPSA) is 61.8 Å². The van der Waals surface area contributed by atoms with E-state index in [9.17, 15) is 9.90 Å². The minimum Gasteiger partial charge on any atom is -0.493 e. The van der Waals surface area contributed by atoms with Gasteiger partial charge in [-0.05, 0) is 49.7 Å². The monoisotopic (exact) mass is 334 g/mol. The number of ether oxygens (including phenoxy) is 1. The Labute approximate surface area is 145 Å². The zero-order chi connectivity index (χ0) is 17.4. The van der Waals surface area contributed by atoms with Gasteiger partial charge in [0.05, 0.1) is 6.61 Å². The number of urea groups is 1. The molecule has 5 heteroatoms. The second-order valence-electron chi connectivity index (χ2n) is 6.70. The molecule has 0 atom stereocenters. The van der Waals surface area contributed by atoms with Crippen LogP contribution in [0.4, 0.5) is 4.79 Å². The van der Waals surface area contributed by atoms with Crippen LogP contribution in [0.3, 0.4) is 0 Å². The van der Waals surface area contributed by atoms with Crippen LogP contribution in [0.15, 0.2) is 24.3 Å². The summed E-state index contributed by atoms with van der Waals surface area (Å²) in [6.07, 6.45) is 3.51. The molecule has 1 aliphatic heterocycles. The van der Waals surface area contributed by atoms with Crippen molar-refractivity contribution in [2.45, 2.75) is 39.5 Å². The number of rotatable bonds is 7.